The highest BCUT2D eigenvalue weighted by Gasteiger charge is 2.09. The number of hydrogen-bond donors (Lipinski definition) is 3. The second-order valence-corrected chi connectivity index (χ2v) is 6.94. The summed E-state index contributed by atoms with van der Waals surface area (Å²) in [6.45, 7) is 6.58. The fraction of sp³-hybridized carbons (Fsp3) is 0.227. The first-order chi connectivity index (χ1) is 14.0. The van der Waals surface area contributed by atoms with Crippen LogP contribution in [-0.2, 0) is 0 Å². The molecule has 0 fully saturated rings. The van der Waals surface area contributed by atoms with E-state index in [4.69, 9.17) is 17.0 Å². The molecular weight excluding hydrogens is 382 g/mol. The Hall–Kier alpha value is -3.19. The molecule has 0 spiro atoms. The van der Waals surface area contributed by atoms with Crippen molar-refractivity contribution in [2.45, 2.75) is 26.8 Å². The van der Waals surface area contributed by atoms with Gasteiger partial charge in [-0.3, -0.25) is 0 Å². The van der Waals surface area contributed by atoms with E-state index in [1.54, 1.807) is 0 Å². The van der Waals surface area contributed by atoms with Crippen LogP contribution in [0.1, 0.15) is 31.1 Å². The van der Waals surface area contributed by atoms with E-state index in [-0.39, 0.29) is 6.04 Å². The largest absolute Gasteiger partial charge is 0.494 e. The van der Waals surface area contributed by atoms with Crippen LogP contribution < -0.4 is 20.7 Å². The standard InChI is InChI=1S/C22H25N5OS/c1-4-28-19-12-10-18(11-13-19)25-20-14-15(2)23-21(26-20)27-22(29)24-16(3)17-8-6-5-7-9-17/h5-14,16H,4H2,1-3H3,(H3,23,24,25,26,27,29)/t16-/m0/s1. The zero-order chi connectivity index (χ0) is 20.6. The molecule has 3 rings (SSSR count). The van der Waals surface area contributed by atoms with Crippen molar-refractivity contribution in [2.24, 2.45) is 0 Å². The zero-order valence-corrected chi connectivity index (χ0v) is 17.6. The van der Waals surface area contributed by atoms with Crippen molar-refractivity contribution in [3.63, 3.8) is 0 Å². The van der Waals surface area contributed by atoms with Gasteiger partial charge in [-0.05, 0) is 62.8 Å². The molecule has 1 aromatic heterocycles. The SMILES string of the molecule is CCOc1ccc(Nc2cc(C)nc(NC(=S)N[C@@H](C)c3ccccc3)n2)cc1. The lowest BCUT2D eigenvalue weighted by molar-refractivity contribution is 0.340. The number of ether oxygens (including phenoxy) is 1. The molecule has 0 amide bonds. The lowest BCUT2D eigenvalue weighted by Crippen LogP contribution is -2.31. The van der Waals surface area contributed by atoms with Crippen LogP contribution in [0.5, 0.6) is 5.75 Å². The van der Waals surface area contributed by atoms with Crippen LogP contribution in [0.3, 0.4) is 0 Å². The maximum atomic E-state index is 5.47. The van der Waals surface area contributed by atoms with Gasteiger partial charge in [-0.2, -0.15) is 4.98 Å². The third-order valence-corrected chi connectivity index (χ3v) is 4.38. The summed E-state index contributed by atoms with van der Waals surface area (Å²) in [5.41, 5.74) is 2.89. The molecule has 0 aliphatic rings. The number of nitrogens with one attached hydrogen (secondary N) is 3. The van der Waals surface area contributed by atoms with Gasteiger partial charge in [0.05, 0.1) is 12.6 Å². The summed E-state index contributed by atoms with van der Waals surface area (Å²) >= 11 is 5.43. The molecule has 0 aliphatic heterocycles. The van der Waals surface area contributed by atoms with Crippen molar-refractivity contribution in [1.29, 1.82) is 0 Å². The molecule has 150 valence electrons. The summed E-state index contributed by atoms with van der Waals surface area (Å²) in [6.07, 6.45) is 0. The minimum Gasteiger partial charge on any atom is -0.494 e. The van der Waals surface area contributed by atoms with Crippen LogP contribution >= 0.6 is 12.2 Å². The number of aryl methyl sites for hydroxylation is 1. The predicted molar refractivity (Wildman–Crippen MR) is 122 cm³/mol. The summed E-state index contributed by atoms with van der Waals surface area (Å²) in [4.78, 5) is 8.94. The van der Waals surface area contributed by atoms with Crippen molar-refractivity contribution in [3.05, 3.63) is 71.9 Å². The Bertz CT molecular complexity index is 947. The molecule has 0 radical (unpaired) electrons. The molecule has 1 heterocycles. The van der Waals surface area contributed by atoms with Gasteiger partial charge in [0.2, 0.25) is 5.95 Å². The van der Waals surface area contributed by atoms with Gasteiger partial charge in [0.25, 0.3) is 0 Å². The Morgan fingerprint density at radius 1 is 1.07 bits per heavy atom. The van der Waals surface area contributed by atoms with Crippen LogP contribution in [0.15, 0.2) is 60.7 Å². The van der Waals surface area contributed by atoms with Gasteiger partial charge in [-0.25, -0.2) is 4.98 Å². The number of hydrogen-bond acceptors (Lipinski definition) is 5. The molecule has 29 heavy (non-hydrogen) atoms. The zero-order valence-electron chi connectivity index (χ0n) is 16.8. The highest BCUT2D eigenvalue weighted by atomic mass is 32.1. The quantitative estimate of drug-likeness (QED) is 0.477. The van der Waals surface area contributed by atoms with Crippen molar-refractivity contribution >= 4 is 34.8 Å². The molecule has 6 nitrogen and oxygen atoms in total. The maximum Gasteiger partial charge on any atom is 0.231 e. The highest BCUT2D eigenvalue weighted by Crippen LogP contribution is 2.20. The van der Waals surface area contributed by atoms with Crippen LogP contribution in [0, 0.1) is 6.92 Å². The number of thiocarbonyl (C=S) groups is 1. The molecule has 3 aromatic rings. The van der Waals surface area contributed by atoms with Gasteiger partial charge >= 0.3 is 0 Å². The minimum absolute atomic E-state index is 0.0717. The molecule has 0 saturated carbocycles. The minimum atomic E-state index is 0.0717. The van der Waals surface area contributed by atoms with Gasteiger partial charge in [0.1, 0.15) is 11.6 Å². The van der Waals surface area contributed by atoms with Gasteiger partial charge < -0.3 is 20.7 Å². The van der Waals surface area contributed by atoms with Crippen LogP contribution in [0.2, 0.25) is 0 Å². The molecule has 0 unspecified atom stereocenters. The summed E-state index contributed by atoms with van der Waals surface area (Å²) < 4.78 is 5.47. The lowest BCUT2D eigenvalue weighted by atomic mass is 10.1. The van der Waals surface area contributed by atoms with Crippen molar-refractivity contribution in [3.8, 4) is 5.75 Å². The van der Waals surface area contributed by atoms with Crippen molar-refractivity contribution in [1.82, 2.24) is 15.3 Å². The maximum absolute atomic E-state index is 5.47. The average Bonchev–Trinajstić information content (AvgIpc) is 2.70. The predicted octanol–water partition coefficient (Wildman–Crippen LogP) is 4.97. The second-order valence-electron chi connectivity index (χ2n) is 6.53. The highest BCUT2D eigenvalue weighted by molar-refractivity contribution is 7.80. The molecule has 0 saturated heterocycles. The normalized spacial score (nSPS) is 11.4. The summed E-state index contributed by atoms with van der Waals surface area (Å²) in [5.74, 6) is 1.96. The average molecular weight is 408 g/mol. The first-order valence-corrected chi connectivity index (χ1v) is 9.92. The Labute approximate surface area is 176 Å². The van der Waals surface area contributed by atoms with E-state index in [1.165, 1.54) is 0 Å². The Kier molecular flexibility index (Phi) is 6.97. The van der Waals surface area contributed by atoms with E-state index in [0.717, 1.165) is 22.7 Å². The monoisotopic (exact) mass is 407 g/mol. The fourth-order valence-electron chi connectivity index (χ4n) is 2.80. The van der Waals surface area contributed by atoms with Crippen LogP contribution in [0.4, 0.5) is 17.5 Å². The van der Waals surface area contributed by atoms with Crippen LogP contribution in [0.25, 0.3) is 0 Å². The lowest BCUT2D eigenvalue weighted by Gasteiger charge is -2.17. The van der Waals surface area contributed by atoms with Gasteiger partial charge in [0, 0.05) is 17.4 Å². The van der Waals surface area contributed by atoms with Crippen LogP contribution in [-0.4, -0.2) is 21.7 Å². The van der Waals surface area contributed by atoms with Gasteiger partial charge in [-0.1, -0.05) is 30.3 Å². The summed E-state index contributed by atoms with van der Waals surface area (Å²) in [5, 5.41) is 10.1. The van der Waals surface area contributed by atoms with E-state index in [0.29, 0.717) is 23.5 Å². The van der Waals surface area contributed by atoms with Crippen molar-refractivity contribution in [2.75, 3.05) is 17.2 Å². The third kappa shape index (κ3) is 6.15. The van der Waals surface area contributed by atoms with E-state index in [2.05, 4.69) is 45.0 Å². The number of benzene rings is 2. The second kappa shape index (κ2) is 9.84. The Morgan fingerprint density at radius 3 is 2.48 bits per heavy atom. The molecule has 2 aromatic carbocycles. The van der Waals surface area contributed by atoms with E-state index < -0.39 is 0 Å². The fourth-order valence-corrected chi connectivity index (χ4v) is 3.06. The Balaban J connectivity index is 1.64. The number of aromatic nitrogens is 2. The summed E-state index contributed by atoms with van der Waals surface area (Å²) in [6, 6.07) is 19.8. The first kappa shape index (κ1) is 20.5. The smallest absolute Gasteiger partial charge is 0.231 e. The number of anilines is 3. The van der Waals surface area contributed by atoms with E-state index in [9.17, 15) is 0 Å². The first-order valence-electron chi connectivity index (χ1n) is 9.51. The molecule has 1 atom stereocenters. The number of rotatable bonds is 7. The Morgan fingerprint density at radius 2 is 1.79 bits per heavy atom. The molecule has 0 bridgehead atoms. The molecule has 0 aliphatic carbocycles. The van der Waals surface area contributed by atoms with Gasteiger partial charge in [0.15, 0.2) is 5.11 Å². The third-order valence-electron chi connectivity index (χ3n) is 4.16. The summed E-state index contributed by atoms with van der Waals surface area (Å²) in [7, 11) is 0. The topological polar surface area (TPSA) is 71.1 Å². The van der Waals surface area contributed by atoms with Crippen molar-refractivity contribution < 1.29 is 4.74 Å². The van der Waals surface area contributed by atoms with E-state index >= 15 is 0 Å². The number of nitrogens with zero attached hydrogens (tertiary/aromatic N) is 2. The van der Waals surface area contributed by atoms with E-state index in [1.807, 2.05) is 62.4 Å². The molecule has 3 N–H and O–H groups in total. The molecule has 7 heteroatoms. The van der Waals surface area contributed by atoms with Gasteiger partial charge in [-0.15, -0.1) is 0 Å². The molecular formula is C22H25N5OS.